The van der Waals surface area contributed by atoms with Gasteiger partial charge in [-0.15, -0.1) is 0 Å². The van der Waals surface area contributed by atoms with Gasteiger partial charge in [-0.25, -0.2) is 4.57 Å². The summed E-state index contributed by atoms with van der Waals surface area (Å²) in [5.41, 5.74) is 5.34. The summed E-state index contributed by atoms with van der Waals surface area (Å²) in [5.74, 6) is -0.915. The first-order chi connectivity index (χ1) is 27.2. The van der Waals surface area contributed by atoms with Gasteiger partial charge in [-0.05, 0) is 44.9 Å². The van der Waals surface area contributed by atoms with Crippen molar-refractivity contribution >= 4 is 19.8 Å². The average molecular weight is 810 g/mol. The molecular formula is C45H80NO9P. The minimum absolute atomic E-state index is 0.0368. The molecule has 324 valence electrons. The molecular weight excluding hydrogens is 729 g/mol. The number of phosphoric acid groups is 1. The molecule has 0 aromatic rings. The molecule has 0 fully saturated rings. The molecule has 0 rings (SSSR count). The quantitative estimate of drug-likeness (QED) is 0.0179. The van der Waals surface area contributed by atoms with Crippen molar-refractivity contribution in [1.29, 1.82) is 0 Å². The Morgan fingerprint density at radius 3 is 1.66 bits per heavy atom. The van der Waals surface area contributed by atoms with Crippen molar-refractivity contribution in [3.8, 4) is 0 Å². The van der Waals surface area contributed by atoms with Gasteiger partial charge in [-0.3, -0.25) is 18.6 Å². The van der Waals surface area contributed by atoms with Crippen LogP contribution in [0.4, 0.5) is 0 Å². The van der Waals surface area contributed by atoms with Crippen LogP contribution in [0.25, 0.3) is 0 Å². The van der Waals surface area contributed by atoms with Gasteiger partial charge in [0.2, 0.25) is 0 Å². The number of aliphatic hydroxyl groups is 1. The summed E-state index contributed by atoms with van der Waals surface area (Å²) in [6.07, 6.45) is 44.9. The Bertz CT molecular complexity index is 1120. The molecule has 0 aliphatic rings. The van der Waals surface area contributed by atoms with E-state index >= 15 is 0 Å². The lowest BCUT2D eigenvalue weighted by Crippen LogP contribution is -2.29. The Labute approximate surface area is 341 Å². The molecule has 0 aliphatic heterocycles. The van der Waals surface area contributed by atoms with E-state index in [1.165, 1.54) is 89.9 Å². The zero-order chi connectivity index (χ0) is 41.2. The molecule has 0 amide bonds. The Morgan fingerprint density at radius 1 is 0.625 bits per heavy atom. The van der Waals surface area contributed by atoms with Crippen LogP contribution in [0, 0.1) is 0 Å². The van der Waals surface area contributed by atoms with E-state index in [-0.39, 0.29) is 38.7 Å². The number of allylic oxidation sites excluding steroid dienone is 9. The standard InChI is InChI=1S/C45H80NO9P/c1-3-5-6-7-8-9-10-11-12-13-14-18-21-24-27-30-33-36-44(48)52-40-43(41-54-56(50,51)53-39-38-46)55-45(49)37-34-31-28-25-22-19-16-15-17-20-23-26-29-32-35-42(47)4-2/h16-17,19-20,25-26,28-29,32,35,42-43,47H,3-15,18,21-24,27,30-31,33-34,36-41,46H2,1-2H3,(H,50,51)/b19-16-,20-17-,28-25-,29-26-,35-32+/t42-,43-/m1/s1. The molecule has 0 heterocycles. The van der Waals surface area contributed by atoms with Gasteiger partial charge in [-0.2, -0.15) is 0 Å². The zero-order valence-electron chi connectivity index (χ0n) is 35.2. The lowest BCUT2D eigenvalue weighted by Gasteiger charge is -2.19. The number of esters is 2. The molecule has 0 saturated carbocycles. The monoisotopic (exact) mass is 810 g/mol. The number of hydrogen-bond donors (Lipinski definition) is 3. The Hall–Kier alpha value is -2.33. The summed E-state index contributed by atoms with van der Waals surface area (Å²) in [6.45, 7) is 3.33. The maximum absolute atomic E-state index is 12.6. The van der Waals surface area contributed by atoms with Crippen LogP contribution in [-0.4, -0.2) is 60.5 Å². The predicted octanol–water partition coefficient (Wildman–Crippen LogP) is 11.5. The Kier molecular flexibility index (Phi) is 39.2. The first kappa shape index (κ1) is 53.7. The van der Waals surface area contributed by atoms with Gasteiger partial charge in [0.1, 0.15) is 6.61 Å². The van der Waals surface area contributed by atoms with Crippen LogP contribution >= 0.6 is 7.82 Å². The summed E-state index contributed by atoms with van der Waals surface area (Å²) < 4.78 is 32.7. The fraction of sp³-hybridized carbons (Fsp3) is 0.733. The highest BCUT2D eigenvalue weighted by Crippen LogP contribution is 2.43. The van der Waals surface area contributed by atoms with Crippen LogP contribution in [0.3, 0.4) is 0 Å². The summed E-state index contributed by atoms with van der Waals surface area (Å²) in [6, 6.07) is 0. The molecule has 0 saturated heterocycles. The predicted molar refractivity (Wildman–Crippen MR) is 230 cm³/mol. The summed E-state index contributed by atoms with van der Waals surface area (Å²) in [7, 11) is -4.40. The van der Waals surface area contributed by atoms with E-state index in [9.17, 15) is 24.2 Å². The fourth-order valence-corrected chi connectivity index (χ4v) is 6.45. The summed E-state index contributed by atoms with van der Waals surface area (Å²) in [5, 5.41) is 9.47. The molecule has 0 radical (unpaired) electrons. The molecule has 1 unspecified atom stereocenters. The van der Waals surface area contributed by atoms with Gasteiger partial charge in [0.15, 0.2) is 6.10 Å². The van der Waals surface area contributed by atoms with Gasteiger partial charge in [-0.1, -0.05) is 177 Å². The molecule has 0 aliphatic carbocycles. The third kappa shape index (κ3) is 39.9. The number of carbonyl (C=O) groups excluding carboxylic acids is 2. The highest BCUT2D eigenvalue weighted by atomic mass is 31.2. The summed E-state index contributed by atoms with van der Waals surface area (Å²) >= 11 is 0. The van der Waals surface area contributed by atoms with E-state index in [2.05, 4.69) is 31.2 Å². The molecule has 3 atom stereocenters. The van der Waals surface area contributed by atoms with E-state index in [1.54, 1.807) is 6.08 Å². The third-order valence-corrected chi connectivity index (χ3v) is 10.1. The highest BCUT2D eigenvalue weighted by molar-refractivity contribution is 7.47. The minimum Gasteiger partial charge on any atom is -0.462 e. The number of unbranched alkanes of at least 4 members (excludes halogenated alkanes) is 17. The topological polar surface area (TPSA) is 155 Å². The van der Waals surface area contributed by atoms with Crippen molar-refractivity contribution < 1.29 is 42.7 Å². The molecule has 4 N–H and O–H groups in total. The van der Waals surface area contributed by atoms with E-state index in [0.29, 0.717) is 19.3 Å². The van der Waals surface area contributed by atoms with Crippen molar-refractivity contribution in [3.63, 3.8) is 0 Å². The molecule has 11 heteroatoms. The van der Waals surface area contributed by atoms with Crippen LogP contribution in [0.1, 0.15) is 174 Å². The van der Waals surface area contributed by atoms with Crippen LogP contribution in [-0.2, 0) is 32.7 Å². The smallest absolute Gasteiger partial charge is 0.462 e. The van der Waals surface area contributed by atoms with E-state index in [0.717, 1.165) is 38.5 Å². The number of hydrogen-bond acceptors (Lipinski definition) is 9. The van der Waals surface area contributed by atoms with Crippen LogP contribution in [0.5, 0.6) is 0 Å². The average Bonchev–Trinajstić information content (AvgIpc) is 3.18. The van der Waals surface area contributed by atoms with Gasteiger partial charge in [0, 0.05) is 19.4 Å². The Balaban J connectivity index is 4.25. The molecule has 0 aromatic carbocycles. The van der Waals surface area contributed by atoms with Crippen molar-refractivity contribution in [3.05, 3.63) is 60.8 Å². The zero-order valence-corrected chi connectivity index (χ0v) is 36.1. The first-order valence-electron chi connectivity index (χ1n) is 21.9. The third-order valence-electron chi connectivity index (χ3n) is 9.08. The number of phosphoric ester groups is 1. The normalized spacial score (nSPS) is 14.4. The van der Waals surface area contributed by atoms with Gasteiger partial charge in [0.05, 0.1) is 19.3 Å². The minimum atomic E-state index is -4.40. The number of aliphatic hydroxyl groups excluding tert-OH is 1. The lowest BCUT2D eigenvalue weighted by atomic mass is 10.0. The SMILES string of the molecule is CCCCCCCCCCCCCCCCCCCC(=O)OC[C@H](COP(=O)(O)OCCN)OC(=O)CCC/C=C\C/C=C\C/C=C\C/C=C\C=C\[C@H](O)CC. The molecule has 56 heavy (non-hydrogen) atoms. The molecule has 0 bridgehead atoms. The van der Waals surface area contributed by atoms with E-state index in [4.69, 9.17) is 24.3 Å². The van der Waals surface area contributed by atoms with Crippen molar-refractivity contribution in [2.75, 3.05) is 26.4 Å². The molecule has 0 spiro atoms. The number of ether oxygens (including phenoxy) is 2. The number of nitrogens with two attached hydrogens (primary N) is 1. The van der Waals surface area contributed by atoms with Gasteiger partial charge in [0.25, 0.3) is 0 Å². The fourth-order valence-electron chi connectivity index (χ4n) is 5.68. The largest absolute Gasteiger partial charge is 0.472 e. The van der Waals surface area contributed by atoms with Gasteiger partial charge < -0.3 is 25.2 Å². The first-order valence-corrected chi connectivity index (χ1v) is 23.4. The Morgan fingerprint density at radius 2 is 1.12 bits per heavy atom. The number of carbonyl (C=O) groups is 2. The lowest BCUT2D eigenvalue weighted by molar-refractivity contribution is -0.161. The second-order valence-electron chi connectivity index (χ2n) is 14.4. The van der Waals surface area contributed by atoms with E-state index < -0.39 is 32.5 Å². The van der Waals surface area contributed by atoms with Gasteiger partial charge >= 0.3 is 19.8 Å². The highest BCUT2D eigenvalue weighted by Gasteiger charge is 2.25. The number of rotatable bonds is 40. The van der Waals surface area contributed by atoms with Crippen molar-refractivity contribution in [2.45, 2.75) is 187 Å². The molecule has 0 aromatic heterocycles. The van der Waals surface area contributed by atoms with E-state index in [1.807, 2.05) is 37.3 Å². The van der Waals surface area contributed by atoms with Crippen LogP contribution in [0.2, 0.25) is 0 Å². The molecule has 10 nitrogen and oxygen atoms in total. The maximum Gasteiger partial charge on any atom is 0.472 e. The van der Waals surface area contributed by atoms with Crippen LogP contribution in [0.15, 0.2) is 60.8 Å². The van der Waals surface area contributed by atoms with Crippen molar-refractivity contribution in [2.24, 2.45) is 5.73 Å². The van der Waals surface area contributed by atoms with Crippen LogP contribution < -0.4 is 5.73 Å². The van der Waals surface area contributed by atoms with Crippen molar-refractivity contribution in [1.82, 2.24) is 0 Å². The maximum atomic E-state index is 12.6. The second kappa shape index (κ2) is 40.9. The second-order valence-corrected chi connectivity index (χ2v) is 15.8. The summed E-state index contributed by atoms with van der Waals surface area (Å²) in [4.78, 5) is 34.8.